The minimum atomic E-state index is 0.109. The summed E-state index contributed by atoms with van der Waals surface area (Å²) in [5.41, 5.74) is 0. The Morgan fingerprint density at radius 3 is 2.40 bits per heavy atom. The third-order valence-corrected chi connectivity index (χ3v) is 3.73. The zero-order valence-corrected chi connectivity index (χ0v) is 12.8. The van der Waals surface area contributed by atoms with Crippen LogP contribution in [0, 0.1) is 5.92 Å². The van der Waals surface area contributed by atoms with E-state index in [4.69, 9.17) is 4.42 Å². The van der Waals surface area contributed by atoms with Crippen molar-refractivity contribution in [1.29, 1.82) is 0 Å². The van der Waals surface area contributed by atoms with Crippen molar-refractivity contribution < 1.29 is 9.21 Å². The fraction of sp³-hybridized carbons (Fsp3) is 0.786. The van der Waals surface area contributed by atoms with Crippen LogP contribution in [0.5, 0.6) is 0 Å². The molecule has 0 N–H and O–H groups in total. The maximum Gasteiger partial charge on any atom is 0.233 e. The monoisotopic (exact) mass is 280 g/mol. The Balaban J connectivity index is 1.93. The van der Waals surface area contributed by atoms with Crippen molar-refractivity contribution in [1.82, 2.24) is 20.0 Å². The van der Waals surface area contributed by atoms with Gasteiger partial charge in [-0.25, -0.2) is 0 Å². The van der Waals surface area contributed by atoms with Gasteiger partial charge in [0.1, 0.15) is 0 Å². The number of carbonyl (C=O) groups is 1. The van der Waals surface area contributed by atoms with Gasteiger partial charge >= 0.3 is 0 Å². The number of hydrogen-bond donors (Lipinski definition) is 0. The molecule has 0 saturated carbocycles. The zero-order valence-electron chi connectivity index (χ0n) is 12.8. The van der Waals surface area contributed by atoms with Crippen LogP contribution in [0.3, 0.4) is 0 Å². The second kappa shape index (κ2) is 6.35. The van der Waals surface area contributed by atoms with Gasteiger partial charge in [-0.15, -0.1) is 10.2 Å². The number of hydrogen-bond acceptors (Lipinski definition) is 5. The normalized spacial score (nSPS) is 18.6. The van der Waals surface area contributed by atoms with Crippen molar-refractivity contribution in [2.45, 2.75) is 40.2 Å². The van der Waals surface area contributed by atoms with E-state index < -0.39 is 0 Å². The molecule has 0 unspecified atom stereocenters. The molecule has 0 radical (unpaired) electrons. The molecule has 0 aromatic carbocycles. The number of piperazine rings is 1. The van der Waals surface area contributed by atoms with E-state index in [1.165, 1.54) is 0 Å². The van der Waals surface area contributed by atoms with Crippen molar-refractivity contribution in [2.24, 2.45) is 5.92 Å². The van der Waals surface area contributed by atoms with Gasteiger partial charge in [0.2, 0.25) is 17.7 Å². The number of aromatic nitrogens is 2. The Bertz CT molecular complexity index is 450. The fourth-order valence-corrected chi connectivity index (χ4v) is 2.45. The molecule has 1 aromatic rings. The Hall–Kier alpha value is -1.43. The maximum absolute atomic E-state index is 11.3. The Kier molecular flexibility index (Phi) is 4.75. The molecule has 1 atom stereocenters. The molecule has 1 aromatic heterocycles. The second-order valence-corrected chi connectivity index (χ2v) is 5.85. The van der Waals surface area contributed by atoms with Crippen LogP contribution >= 0.6 is 0 Å². The van der Waals surface area contributed by atoms with E-state index in [0.717, 1.165) is 32.6 Å². The Labute approximate surface area is 120 Å². The summed E-state index contributed by atoms with van der Waals surface area (Å²) in [7, 11) is 0. The molecule has 1 fully saturated rings. The Morgan fingerprint density at radius 2 is 1.85 bits per heavy atom. The maximum atomic E-state index is 11.3. The van der Waals surface area contributed by atoms with Gasteiger partial charge in [-0.05, 0) is 12.8 Å². The van der Waals surface area contributed by atoms with Gasteiger partial charge in [-0.3, -0.25) is 9.69 Å². The van der Waals surface area contributed by atoms with Gasteiger partial charge in [0, 0.05) is 39.5 Å². The van der Waals surface area contributed by atoms with Gasteiger partial charge in [0.15, 0.2) is 0 Å². The second-order valence-electron chi connectivity index (χ2n) is 5.85. The van der Waals surface area contributed by atoms with Crippen LogP contribution in [0.2, 0.25) is 0 Å². The first-order valence-corrected chi connectivity index (χ1v) is 7.29. The molecule has 0 spiro atoms. The molecule has 0 bridgehead atoms. The van der Waals surface area contributed by atoms with Crippen LogP contribution in [-0.2, 0) is 11.2 Å². The van der Waals surface area contributed by atoms with Gasteiger partial charge in [0.05, 0.1) is 6.04 Å². The summed E-state index contributed by atoms with van der Waals surface area (Å²) in [5.74, 6) is 2.05. The van der Waals surface area contributed by atoms with Crippen LogP contribution in [0.15, 0.2) is 4.42 Å². The molecule has 6 heteroatoms. The van der Waals surface area contributed by atoms with Crippen molar-refractivity contribution >= 4 is 5.91 Å². The summed E-state index contributed by atoms with van der Waals surface area (Å²) < 4.78 is 5.74. The van der Waals surface area contributed by atoms with Crippen LogP contribution in [0.4, 0.5) is 0 Å². The van der Waals surface area contributed by atoms with Crippen molar-refractivity contribution in [3.8, 4) is 0 Å². The van der Waals surface area contributed by atoms with E-state index in [1.807, 2.05) is 4.90 Å². The lowest BCUT2D eigenvalue weighted by Crippen LogP contribution is -2.48. The lowest BCUT2D eigenvalue weighted by atomic mass is 10.1. The lowest BCUT2D eigenvalue weighted by Gasteiger charge is -2.36. The molecule has 0 aliphatic carbocycles. The third kappa shape index (κ3) is 3.56. The van der Waals surface area contributed by atoms with Crippen molar-refractivity contribution in [2.75, 3.05) is 26.2 Å². The third-order valence-electron chi connectivity index (χ3n) is 3.73. The standard InChI is InChI=1S/C14H24N4O2/c1-10(2)9-13-15-16-14(20-13)11(3)17-5-7-18(8-6-17)12(4)19/h10-11H,5-9H2,1-4H3/t11-/m1/s1. The fourth-order valence-electron chi connectivity index (χ4n) is 2.45. The topological polar surface area (TPSA) is 62.5 Å². The molecule has 1 aliphatic heterocycles. The Morgan fingerprint density at radius 1 is 1.20 bits per heavy atom. The number of rotatable bonds is 4. The zero-order chi connectivity index (χ0) is 14.7. The first-order chi connectivity index (χ1) is 9.47. The average molecular weight is 280 g/mol. The highest BCUT2D eigenvalue weighted by atomic mass is 16.4. The van der Waals surface area contributed by atoms with Gasteiger partial charge < -0.3 is 9.32 Å². The summed E-state index contributed by atoms with van der Waals surface area (Å²) >= 11 is 0. The predicted octanol–water partition coefficient (Wildman–Crippen LogP) is 1.49. The van der Waals surface area contributed by atoms with Gasteiger partial charge in [-0.2, -0.15) is 0 Å². The number of amides is 1. The molecular formula is C14H24N4O2. The molecule has 2 heterocycles. The molecule has 1 saturated heterocycles. The summed E-state index contributed by atoms with van der Waals surface area (Å²) in [6.07, 6.45) is 0.817. The van der Waals surface area contributed by atoms with Gasteiger partial charge in [0.25, 0.3) is 0 Å². The minimum Gasteiger partial charge on any atom is -0.424 e. The van der Waals surface area contributed by atoms with Crippen LogP contribution in [0.1, 0.15) is 45.5 Å². The van der Waals surface area contributed by atoms with Crippen molar-refractivity contribution in [3.63, 3.8) is 0 Å². The van der Waals surface area contributed by atoms with E-state index in [2.05, 4.69) is 35.9 Å². The highest BCUT2D eigenvalue weighted by molar-refractivity contribution is 5.73. The highest BCUT2D eigenvalue weighted by Crippen LogP contribution is 2.21. The first-order valence-electron chi connectivity index (χ1n) is 7.29. The van der Waals surface area contributed by atoms with Gasteiger partial charge in [-0.1, -0.05) is 13.8 Å². The van der Waals surface area contributed by atoms with E-state index in [0.29, 0.717) is 17.7 Å². The molecular weight excluding hydrogens is 256 g/mol. The summed E-state index contributed by atoms with van der Waals surface area (Å²) in [4.78, 5) is 15.5. The highest BCUT2D eigenvalue weighted by Gasteiger charge is 2.26. The van der Waals surface area contributed by atoms with Crippen LogP contribution < -0.4 is 0 Å². The average Bonchev–Trinajstić information content (AvgIpc) is 2.85. The number of carbonyl (C=O) groups excluding carboxylic acids is 1. The van der Waals surface area contributed by atoms with E-state index in [1.54, 1.807) is 6.92 Å². The first kappa shape index (κ1) is 15.0. The molecule has 20 heavy (non-hydrogen) atoms. The van der Waals surface area contributed by atoms with Crippen LogP contribution in [0.25, 0.3) is 0 Å². The molecule has 112 valence electrons. The van der Waals surface area contributed by atoms with E-state index >= 15 is 0 Å². The quantitative estimate of drug-likeness (QED) is 0.836. The largest absolute Gasteiger partial charge is 0.424 e. The summed E-state index contributed by atoms with van der Waals surface area (Å²) in [5, 5.41) is 8.27. The predicted molar refractivity (Wildman–Crippen MR) is 75.1 cm³/mol. The lowest BCUT2D eigenvalue weighted by molar-refractivity contribution is -0.130. The summed E-state index contributed by atoms with van der Waals surface area (Å²) in [6, 6.07) is 0.109. The van der Waals surface area contributed by atoms with Crippen LogP contribution in [-0.4, -0.2) is 52.1 Å². The molecule has 6 nitrogen and oxygen atoms in total. The van der Waals surface area contributed by atoms with Crippen molar-refractivity contribution in [3.05, 3.63) is 11.8 Å². The summed E-state index contributed by atoms with van der Waals surface area (Å²) in [6.45, 7) is 11.2. The smallest absolute Gasteiger partial charge is 0.233 e. The molecule has 2 rings (SSSR count). The number of nitrogens with zero attached hydrogens (tertiary/aromatic N) is 4. The minimum absolute atomic E-state index is 0.109. The molecule has 1 aliphatic rings. The van der Waals surface area contributed by atoms with E-state index in [9.17, 15) is 4.79 Å². The SMILES string of the molecule is CC(=O)N1CCN([C@H](C)c2nnc(CC(C)C)o2)CC1. The molecule has 1 amide bonds. The van der Waals surface area contributed by atoms with E-state index in [-0.39, 0.29) is 11.9 Å².